The molecule has 2 aromatic carbocycles. The fourth-order valence-electron chi connectivity index (χ4n) is 4.21. The highest BCUT2D eigenvalue weighted by Gasteiger charge is 2.24. The van der Waals surface area contributed by atoms with Gasteiger partial charge in [-0.1, -0.05) is 43.7 Å². The zero-order chi connectivity index (χ0) is 24.0. The number of hydrogen-bond donors (Lipinski definition) is 0. The predicted octanol–water partition coefficient (Wildman–Crippen LogP) is 4.36. The number of piperazine rings is 1. The van der Waals surface area contributed by atoms with Crippen molar-refractivity contribution in [1.29, 1.82) is 0 Å². The minimum Gasteiger partial charge on any atom is -0.368 e. The number of carbonyl (C=O) groups is 1. The van der Waals surface area contributed by atoms with Gasteiger partial charge < -0.3 is 9.80 Å². The first-order chi connectivity index (χ1) is 16.5. The van der Waals surface area contributed by atoms with Crippen molar-refractivity contribution in [3.63, 3.8) is 0 Å². The SMILES string of the molecule is CCCCc1ccc(CS(=O)(=O)c2cccc(C(=O)N3CCN(c4ccncc4)CC3)c2)cc1. The van der Waals surface area contributed by atoms with Crippen LogP contribution < -0.4 is 4.90 Å². The quantitative estimate of drug-likeness (QED) is 0.482. The van der Waals surface area contributed by atoms with E-state index in [9.17, 15) is 13.2 Å². The number of sulfone groups is 1. The van der Waals surface area contributed by atoms with Crippen LogP contribution in [0.15, 0.2) is 78.0 Å². The van der Waals surface area contributed by atoms with Gasteiger partial charge in [-0.15, -0.1) is 0 Å². The van der Waals surface area contributed by atoms with E-state index in [1.807, 2.05) is 36.4 Å². The Morgan fingerprint density at radius 3 is 2.26 bits per heavy atom. The van der Waals surface area contributed by atoms with E-state index in [4.69, 9.17) is 0 Å². The normalized spacial score (nSPS) is 14.3. The fourth-order valence-corrected chi connectivity index (χ4v) is 5.60. The fraction of sp³-hybridized carbons (Fsp3) is 0.333. The van der Waals surface area contributed by atoms with Crippen LogP contribution in [0.3, 0.4) is 0 Å². The Balaban J connectivity index is 1.41. The monoisotopic (exact) mass is 477 g/mol. The number of aryl methyl sites for hydroxylation is 1. The molecule has 34 heavy (non-hydrogen) atoms. The lowest BCUT2D eigenvalue weighted by Gasteiger charge is -2.36. The second-order valence-electron chi connectivity index (χ2n) is 8.69. The summed E-state index contributed by atoms with van der Waals surface area (Å²) in [5.41, 5.74) is 3.48. The van der Waals surface area contributed by atoms with Gasteiger partial charge in [-0.3, -0.25) is 9.78 Å². The molecule has 1 aromatic heterocycles. The number of pyridine rings is 1. The van der Waals surface area contributed by atoms with Gasteiger partial charge in [0, 0.05) is 49.8 Å². The van der Waals surface area contributed by atoms with Crippen LogP contribution in [-0.2, 0) is 22.0 Å². The van der Waals surface area contributed by atoms with E-state index in [1.54, 1.807) is 35.5 Å². The lowest BCUT2D eigenvalue weighted by atomic mass is 10.1. The van der Waals surface area contributed by atoms with E-state index in [1.165, 1.54) is 11.6 Å². The number of hydrogen-bond acceptors (Lipinski definition) is 5. The van der Waals surface area contributed by atoms with Gasteiger partial charge in [0.25, 0.3) is 5.91 Å². The van der Waals surface area contributed by atoms with Crippen LogP contribution in [0.1, 0.15) is 41.3 Å². The average molecular weight is 478 g/mol. The minimum absolute atomic E-state index is 0.0801. The van der Waals surface area contributed by atoms with Gasteiger partial charge >= 0.3 is 0 Å². The first kappa shape index (κ1) is 24.0. The van der Waals surface area contributed by atoms with E-state index >= 15 is 0 Å². The molecule has 4 rings (SSSR count). The Morgan fingerprint density at radius 2 is 1.59 bits per heavy atom. The van der Waals surface area contributed by atoms with Crippen LogP contribution >= 0.6 is 0 Å². The summed E-state index contributed by atoms with van der Waals surface area (Å²) in [5.74, 6) is -0.213. The van der Waals surface area contributed by atoms with Crippen LogP contribution in [0.4, 0.5) is 5.69 Å². The minimum atomic E-state index is -3.56. The molecule has 7 heteroatoms. The molecule has 1 aliphatic rings. The van der Waals surface area contributed by atoms with Crippen molar-refractivity contribution in [2.45, 2.75) is 36.8 Å². The molecule has 1 saturated heterocycles. The average Bonchev–Trinajstić information content (AvgIpc) is 2.88. The van der Waals surface area contributed by atoms with Crippen molar-refractivity contribution in [1.82, 2.24) is 9.88 Å². The van der Waals surface area contributed by atoms with Gasteiger partial charge in [0.15, 0.2) is 9.84 Å². The third-order valence-electron chi connectivity index (χ3n) is 6.23. The highest BCUT2D eigenvalue weighted by molar-refractivity contribution is 7.90. The molecular weight excluding hydrogens is 446 g/mol. The summed E-state index contributed by atoms with van der Waals surface area (Å²) >= 11 is 0. The van der Waals surface area contributed by atoms with Crippen molar-refractivity contribution in [2.75, 3.05) is 31.1 Å². The number of amides is 1. The predicted molar refractivity (Wildman–Crippen MR) is 135 cm³/mol. The Bertz CT molecular complexity index is 1200. The summed E-state index contributed by atoms with van der Waals surface area (Å²) in [6.07, 6.45) is 6.78. The molecule has 0 bridgehead atoms. The second kappa shape index (κ2) is 10.8. The molecule has 0 spiro atoms. The number of aromatic nitrogens is 1. The Kier molecular flexibility index (Phi) is 7.63. The molecule has 1 amide bonds. The molecule has 178 valence electrons. The number of benzene rings is 2. The van der Waals surface area contributed by atoms with Gasteiger partial charge in [-0.05, 0) is 54.3 Å². The van der Waals surface area contributed by atoms with Gasteiger partial charge in [0.05, 0.1) is 10.6 Å². The van der Waals surface area contributed by atoms with Crippen molar-refractivity contribution < 1.29 is 13.2 Å². The summed E-state index contributed by atoms with van der Waals surface area (Å²) in [6.45, 7) is 4.78. The smallest absolute Gasteiger partial charge is 0.254 e. The largest absolute Gasteiger partial charge is 0.368 e. The zero-order valence-electron chi connectivity index (χ0n) is 19.6. The number of nitrogens with zero attached hydrogens (tertiary/aromatic N) is 3. The highest BCUT2D eigenvalue weighted by atomic mass is 32.2. The Labute approximate surface area is 202 Å². The van der Waals surface area contributed by atoms with Crippen LogP contribution in [0, 0.1) is 0 Å². The standard InChI is InChI=1S/C27H31N3O3S/c1-2-3-5-22-8-10-23(11-9-22)21-34(32,33)26-7-4-6-24(20-26)27(31)30-18-16-29(17-19-30)25-12-14-28-15-13-25/h4,6-15,20H,2-3,5,16-19,21H2,1H3. The van der Waals surface area contributed by atoms with Gasteiger partial charge in [-0.2, -0.15) is 0 Å². The van der Waals surface area contributed by atoms with Crippen molar-refractivity contribution in [2.24, 2.45) is 0 Å². The molecule has 3 aromatic rings. The third-order valence-corrected chi connectivity index (χ3v) is 7.92. The Hall–Kier alpha value is -3.19. The molecule has 1 aliphatic heterocycles. The zero-order valence-corrected chi connectivity index (χ0v) is 20.4. The molecular formula is C27H31N3O3S. The molecule has 0 unspecified atom stereocenters. The van der Waals surface area contributed by atoms with Crippen molar-refractivity contribution in [3.05, 3.63) is 89.7 Å². The summed E-state index contributed by atoms with van der Waals surface area (Å²) < 4.78 is 26.1. The third kappa shape index (κ3) is 5.83. The van der Waals surface area contributed by atoms with Crippen LogP contribution in [-0.4, -0.2) is 50.4 Å². The van der Waals surface area contributed by atoms with E-state index in [0.29, 0.717) is 18.7 Å². The highest BCUT2D eigenvalue weighted by Crippen LogP contribution is 2.21. The summed E-state index contributed by atoms with van der Waals surface area (Å²) in [6, 6.07) is 18.2. The molecule has 1 fully saturated rings. The first-order valence-corrected chi connectivity index (χ1v) is 13.5. The van der Waals surface area contributed by atoms with E-state index in [2.05, 4.69) is 16.8 Å². The Morgan fingerprint density at radius 1 is 0.912 bits per heavy atom. The molecule has 0 atom stereocenters. The van der Waals surface area contributed by atoms with E-state index in [0.717, 1.165) is 43.6 Å². The maximum absolute atomic E-state index is 13.1. The van der Waals surface area contributed by atoms with Gasteiger partial charge in [0.2, 0.25) is 0 Å². The van der Waals surface area contributed by atoms with Gasteiger partial charge in [0.1, 0.15) is 0 Å². The number of anilines is 1. The topological polar surface area (TPSA) is 70.6 Å². The van der Waals surface area contributed by atoms with Crippen LogP contribution in [0.2, 0.25) is 0 Å². The maximum Gasteiger partial charge on any atom is 0.254 e. The number of carbonyl (C=O) groups excluding carboxylic acids is 1. The molecule has 0 radical (unpaired) electrons. The second-order valence-corrected chi connectivity index (χ2v) is 10.7. The van der Waals surface area contributed by atoms with Crippen molar-refractivity contribution in [3.8, 4) is 0 Å². The number of unbranched alkanes of at least 4 members (excludes halogenated alkanes) is 1. The lowest BCUT2D eigenvalue weighted by molar-refractivity contribution is 0.0746. The van der Waals surface area contributed by atoms with Crippen LogP contribution in [0.25, 0.3) is 0 Å². The molecule has 0 aliphatic carbocycles. The van der Waals surface area contributed by atoms with Gasteiger partial charge in [-0.25, -0.2) is 8.42 Å². The lowest BCUT2D eigenvalue weighted by Crippen LogP contribution is -2.48. The van der Waals surface area contributed by atoms with E-state index < -0.39 is 9.84 Å². The van der Waals surface area contributed by atoms with E-state index in [-0.39, 0.29) is 16.6 Å². The molecule has 2 heterocycles. The van der Waals surface area contributed by atoms with Crippen LogP contribution in [0.5, 0.6) is 0 Å². The maximum atomic E-state index is 13.1. The molecule has 6 nitrogen and oxygen atoms in total. The summed E-state index contributed by atoms with van der Waals surface area (Å²) in [5, 5.41) is 0. The summed E-state index contributed by atoms with van der Waals surface area (Å²) in [4.78, 5) is 21.4. The first-order valence-electron chi connectivity index (χ1n) is 11.8. The number of rotatable bonds is 8. The molecule has 0 N–H and O–H groups in total. The summed E-state index contributed by atoms with van der Waals surface area (Å²) in [7, 11) is -3.56. The molecule has 0 saturated carbocycles. The van der Waals surface area contributed by atoms with Crippen molar-refractivity contribution >= 4 is 21.4 Å².